The van der Waals surface area contributed by atoms with Crippen LogP contribution in [0.4, 0.5) is 16.0 Å². The zero-order valence-electron chi connectivity index (χ0n) is 11.3. The Hall–Kier alpha value is -1.95. The third kappa shape index (κ3) is 3.14. The van der Waals surface area contributed by atoms with E-state index < -0.39 is 11.2 Å². The normalized spacial score (nSPS) is 11.4. The number of nitrogens with zero attached hydrogens (tertiary/aromatic N) is 2. The third-order valence-corrected chi connectivity index (χ3v) is 2.88. The molecule has 0 atom stereocenters. The summed E-state index contributed by atoms with van der Waals surface area (Å²) in [6, 6.07) is 4.10. The lowest BCUT2D eigenvalue weighted by atomic mass is 9.93. The van der Waals surface area contributed by atoms with Crippen molar-refractivity contribution in [2.45, 2.75) is 26.2 Å². The average molecular weight is 297 g/mol. The summed E-state index contributed by atoms with van der Waals surface area (Å²) in [5.74, 6) is -0.342. The Morgan fingerprint density at radius 1 is 1.30 bits per heavy atom. The largest absolute Gasteiger partial charge is 0.324 e. The van der Waals surface area contributed by atoms with E-state index in [0.717, 1.165) is 0 Å². The van der Waals surface area contributed by atoms with Gasteiger partial charge in [-0.3, -0.25) is 9.78 Å². The van der Waals surface area contributed by atoms with E-state index in [1.807, 2.05) is 20.8 Å². The molecule has 0 saturated carbocycles. The van der Waals surface area contributed by atoms with E-state index in [4.69, 9.17) is 11.6 Å². The molecule has 20 heavy (non-hydrogen) atoms. The van der Waals surface area contributed by atoms with Crippen LogP contribution in [0.1, 0.15) is 26.5 Å². The summed E-state index contributed by atoms with van der Waals surface area (Å²) in [7, 11) is 0. The van der Waals surface area contributed by atoms with Crippen LogP contribution in [-0.4, -0.2) is 15.2 Å². The smallest absolute Gasteiger partial charge is 0.274 e. The van der Waals surface area contributed by atoms with Crippen molar-refractivity contribution in [1.29, 1.82) is 0 Å². The topological polar surface area (TPSA) is 70.7 Å². The van der Waals surface area contributed by atoms with Gasteiger partial charge in [-0.15, -0.1) is 10.2 Å². The Balaban J connectivity index is 2.29. The van der Waals surface area contributed by atoms with Gasteiger partial charge in [-0.2, -0.15) is 0 Å². The van der Waals surface area contributed by atoms with Gasteiger partial charge in [-0.1, -0.05) is 32.4 Å². The first-order valence-corrected chi connectivity index (χ1v) is 6.35. The summed E-state index contributed by atoms with van der Waals surface area (Å²) >= 11 is 5.67. The van der Waals surface area contributed by atoms with Crippen LogP contribution in [-0.2, 0) is 5.41 Å². The first-order valence-electron chi connectivity index (χ1n) is 5.97. The number of nitrogens with one attached hydrogen (secondary N) is 2. The molecular formula is C13H14ClFN4O. The molecule has 1 heterocycles. The van der Waals surface area contributed by atoms with Gasteiger partial charge in [-0.25, -0.2) is 4.39 Å². The summed E-state index contributed by atoms with van der Waals surface area (Å²) < 4.78 is 13.0. The van der Waals surface area contributed by atoms with Crippen LogP contribution in [0.2, 0.25) is 5.02 Å². The lowest BCUT2D eigenvalue weighted by Crippen LogP contribution is -2.28. The predicted octanol–water partition coefficient (Wildman–Crippen LogP) is 3.00. The van der Waals surface area contributed by atoms with E-state index in [2.05, 4.69) is 20.5 Å². The van der Waals surface area contributed by atoms with Gasteiger partial charge in [0.25, 0.3) is 5.56 Å². The van der Waals surface area contributed by atoms with Crippen molar-refractivity contribution in [3.05, 3.63) is 45.1 Å². The van der Waals surface area contributed by atoms with Gasteiger partial charge in [0, 0.05) is 11.1 Å². The van der Waals surface area contributed by atoms with E-state index in [1.54, 1.807) is 0 Å². The number of H-pyrrole nitrogens is 1. The summed E-state index contributed by atoms with van der Waals surface area (Å²) in [6.07, 6.45) is 0. The van der Waals surface area contributed by atoms with E-state index in [-0.39, 0.29) is 16.5 Å². The molecule has 2 aromatic rings. The molecule has 0 aliphatic rings. The van der Waals surface area contributed by atoms with E-state index in [0.29, 0.717) is 11.4 Å². The molecule has 1 aromatic heterocycles. The van der Waals surface area contributed by atoms with Gasteiger partial charge in [0.1, 0.15) is 11.5 Å². The quantitative estimate of drug-likeness (QED) is 0.894. The lowest BCUT2D eigenvalue weighted by Gasteiger charge is -2.15. The molecule has 0 saturated heterocycles. The highest BCUT2D eigenvalue weighted by Crippen LogP contribution is 2.21. The number of hydrogen-bond acceptors (Lipinski definition) is 4. The van der Waals surface area contributed by atoms with Crippen LogP contribution in [0, 0.1) is 5.82 Å². The summed E-state index contributed by atoms with van der Waals surface area (Å²) in [5.41, 5.74) is 0.145. The number of halogens is 2. The maximum Gasteiger partial charge on any atom is 0.274 e. The van der Waals surface area contributed by atoms with E-state index >= 15 is 0 Å². The second kappa shape index (κ2) is 5.20. The fraction of sp³-hybridized carbons (Fsp3) is 0.308. The van der Waals surface area contributed by atoms with Crippen molar-refractivity contribution in [1.82, 2.24) is 15.2 Å². The van der Waals surface area contributed by atoms with Crippen molar-refractivity contribution in [2.24, 2.45) is 0 Å². The Labute approximate surface area is 120 Å². The van der Waals surface area contributed by atoms with Crippen LogP contribution in [0.5, 0.6) is 0 Å². The first kappa shape index (κ1) is 14.5. The second-order valence-corrected chi connectivity index (χ2v) is 5.76. The van der Waals surface area contributed by atoms with Crippen molar-refractivity contribution < 1.29 is 4.39 Å². The molecule has 0 amide bonds. The fourth-order valence-electron chi connectivity index (χ4n) is 1.59. The zero-order valence-corrected chi connectivity index (χ0v) is 12.0. The minimum absolute atomic E-state index is 0.0170. The fourth-order valence-corrected chi connectivity index (χ4v) is 1.78. The standard InChI is InChI=1S/C13H14ClFN4O/c1-13(2,3)10-11(20)17-12(19-18-10)16-7-4-5-9(15)8(14)6-7/h4-6H,1-3H3,(H2,16,17,19,20). The Bertz CT molecular complexity index is 694. The molecule has 0 aliphatic heterocycles. The van der Waals surface area contributed by atoms with Gasteiger partial charge >= 0.3 is 0 Å². The van der Waals surface area contributed by atoms with Gasteiger partial charge < -0.3 is 5.32 Å². The third-order valence-electron chi connectivity index (χ3n) is 2.59. The molecule has 2 N–H and O–H groups in total. The van der Waals surface area contributed by atoms with Crippen molar-refractivity contribution >= 4 is 23.2 Å². The maximum absolute atomic E-state index is 13.0. The Morgan fingerprint density at radius 2 is 2.00 bits per heavy atom. The highest BCUT2D eigenvalue weighted by molar-refractivity contribution is 6.31. The SMILES string of the molecule is CC(C)(C)c1nnc(Nc2ccc(F)c(Cl)c2)[nH]c1=O. The van der Waals surface area contributed by atoms with Gasteiger partial charge in [-0.05, 0) is 18.2 Å². The molecule has 1 aromatic carbocycles. The molecule has 0 spiro atoms. The summed E-state index contributed by atoms with van der Waals surface area (Å²) in [6.45, 7) is 5.62. The van der Waals surface area contributed by atoms with Crippen LogP contribution >= 0.6 is 11.6 Å². The zero-order chi connectivity index (χ0) is 14.9. The van der Waals surface area contributed by atoms with E-state index in [1.165, 1.54) is 18.2 Å². The first-order chi connectivity index (χ1) is 9.27. The van der Waals surface area contributed by atoms with Gasteiger partial charge in [0.05, 0.1) is 5.02 Å². The van der Waals surface area contributed by atoms with Gasteiger partial charge in [0.15, 0.2) is 0 Å². The molecule has 0 fully saturated rings. The highest BCUT2D eigenvalue weighted by atomic mass is 35.5. The van der Waals surface area contributed by atoms with E-state index in [9.17, 15) is 9.18 Å². The molecule has 5 nitrogen and oxygen atoms in total. The van der Waals surface area contributed by atoms with Crippen LogP contribution in [0.15, 0.2) is 23.0 Å². The molecule has 0 bridgehead atoms. The number of benzene rings is 1. The Kier molecular flexibility index (Phi) is 3.76. The minimum atomic E-state index is -0.514. The monoisotopic (exact) mass is 296 g/mol. The average Bonchev–Trinajstić information content (AvgIpc) is 2.32. The highest BCUT2D eigenvalue weighted by Gasteiger charge is 2.20. The summed E-state index contributed by atoms with van der Waals surface area (Å²) in [4.78, 5) is 14.5. The van der Waals surface area contributed by atoms with Crippen LogP contribution in [0.3, 0.4) is 0 Å². The molecule has 0 unspecified atom stereocenters. The van der Waals surface area contributed by atoms with Crippen molar-refractivity contribution in [2.75, 3.05) is 5.32 Å². The lowest BCUT2D eigenvalue weighted by molar-refractivity contribution is 0.547. The summed E-state index contributed by atoms with van der Waals surface area (Å²) in [5, 5.41) is 10.6. The second-order valence-electron chi connectivity index (χ2n) is 5.36. The van der Waals surface area contributed by atoms with Crippen LogP contribution < -0.4 is 10.9 Å². The number of aromatic amines is 1. The van der Waals surface area contributed by atoms with Crippen LogP contribution in [0.25, 0.3) is 0 Å². The van der Waals surface area contributed by atoms with Gasteiger partial charge in [0.2, 0.25) is 5.95 Å². The molecule has 7 heteroatoms. The van der Waals surface area contributed by atoms with Crippen molar-refractivity contribution in [3.8, 4) is 0 Å². The molecule has 0 radical (unpaired) electrons. The molecule has 2 rings (SSSR count). The molecule has 106 valence electrons. The number of hydrogen-bond donors (Lipinski definition) is 2. The number of rotatable bonds is 2. The predicted molar refractivity (Wildman–Crippen MR) is 76.0 cm³/mol. The molecule has 0 aliphatic carbocycles. The minimum Gasteiger partial charge on any atom is -0.324 e. The number of anilines is 2. The molecular weight excluding hydrogens is 283 g/mol. The number of aromatic nitrogens is 3. The maximum atomic E-state index is 13.0. The Morgan fingerprint density at radius 3 is 2.55 bits per heavy atom. The van der Waals surface area contributed by atoms with Crippen molar-refractivity contribution in [3.63, 3.8) is 0 Å².